The minimum absolute atomic E-state index is 0. The monoisotopic (exact) mass is 514 g/mol. The Morgan fingerprint density at radius 3 is 1.60 bits per heavy atom. The van der Waals surface area contributed by atoms with Crippen LogP contribution in [0.4, 0.5) is 0 Å². The normalized spacial score (nSPS) is 13.5. The van der Waals surface area contributed by atoms with E-state index in [0.717, 1.165) is 73.9 Å². The second-order valence-corrected chi connectivity index (χ2v) is 9.78. The summed E-state index contributed by atoms with van der Waals surface area (Å²) in [6.45, 7) is 8.99. The summed E-state index contributed by atoms with van der Waals surface area (Å²) in [5.41, 5.74) is 21.4. The molecule has 35 heavy (non-hydrogen) atoms. The molecule has 0 fully saturated rings. The van der Waals surface area contributed by atoms with Gasteiger partial charge in [-0.1, -0.05) is 77.6 Å². The van der Waals surface area contributed by atoms with Gasteiger partial charge in [-0.2, -0.15) is 0 Å². The molecule has 3 rings (SSSR count). The number of hydrogen-bond acceptors (Lipinski definition) is 0. The number of unbranched alkanes of at least 4 members (excludes halogenated alkanes) is 4. The van der Waals surface area contributed by atoms with Gasteiger partial charge in [0.25, 0.3) is 0 Å². The van der Waals surface area contributed by atoms with E-state index in [1.54, 1.807) is 0 Å². The van der Waals surface area contributed by atoms with E-state index < -0.39 is 0 Å². The molecule has 0 aliphatic carbocycles. The third-order valence-corrected chi connectivity index (χ3v) is 6.99. The van der Waals surface area contributed by atoms with Gasteiger partial charge in [-0.05, 0) is 86.8 Å². The fraction of sp³-hybridized carbons (Fsp3) is 0.500. The van der Waals surface area contributed by atoms with Crippen molar-refractivity contribution in [2.45, 2.75) is 105 Å². The first-order valence-electron chi connectivity index (χ1n) is 13.8. The second kappa shape index (κ2) is 15.2. The van der Waals surface area contributed by atoms with Gasteiger partial charge in [0.15, 0.2) is 0 Å². The van der Waals surface area contributed by atoms with Crippen molar-refractivity contribution in [2.24, 2.45) is 0 Å². The van der Waals surface area contributed by atoms with E-state index in [0.29, 0.717) is 0 Å². The van der Waals surface area contributed by atoms with Crippen LogP contribution >= 0.6 is 0 Å². The zero-order valence-corrected chi connectivity index (χ0v) is 23.3. The number of hydrogen-bond donors (Lipinski definition) is 0. The molecule has 2 aromatic carbocycles. The van der Waals surface area contributed by atoms with E-state index in [9.17, 15) is 5.53 Å². The molecule has 0 amide bonds. The molecule has 192 valence electrons. The molecule has 3 heteroatoms. The Kier molecular flexibility index (Phi) is 12.7. The Morgan fingerprint density at radius 1 is 0.571 bits per heavy atom. The molecule has 0 N–H and O–H groups in total. The van der Waals surface area contributed by atoms with E-state index in [1.165, 1.54) is 52.7 Å². The second-order valence-electron chi connectivity index (χ2n) is 9.78. The van der Waals surface area contributed by atoms with Crippen LogP contribution in [-0.4, -0.2) is 4.70 Å². The fourth-order valence-corrected chi connectivity index (χ4v) is 4.96. The molecular weight excluding hydrogens is 471 g/mol. The summed E-state index contributed by atoms with van der Waals surface area (Å²) in [5.74, 6) is 0. The van der Waals surface area contributed by atoms with Gasteiger partial charge in [-0.3, -0.25) is 0 Å². The van der Waals surface area contributed by atoms with Gasteiger partial charge in [0.1, 0.15) is 0 Å². The Balaban J connectivity index is 0.00000432. The Morgan fingerprint density at radius 2 is 1.06 bits per heavy atom. The number of benzene rings is 2. The van der Waals surface area contributed by atoms with Gasteiger partial charge in [0, 0.05) is 38.8 Å². The van der Waals surface area contributed by atoms with Crippen molar-refractivity contribution >= 4 is 11.4 Å². The van der Waals surface area contributed by atoms with Gasteiger partial charge in [0.05, 0.1) is 0 Å². The van der Waals surface area contributed by atoms with Gasteiger partial charge in [-0.25, -0.2) is 4.70 Å². The van der Waals surface area contributed by atoms with Crippen LogP contribution in [0.3, 0.4) is 0 Å². The van der Waals surface area contributed by atoms with E-state index in [2.05, 4.69) is 76.2 Å². The van der Waals surface area contributed by atoms with Crippen molar-refractivity contribution in [1.29, 1.82) is 0 Å². The third-order valence-electron chi connectivity index (χ3n) is 6.99. The average molecular weight is 515 g/mol. The van der Waals surface area contributed by atoms with E-state index in [1.807, 2.05) is 0 Å². The Bertz CT molecular complexity index is 1010. The zero-order chi connectivity index (χ0) is 24.3. The summed E-state index contributed by atoms with van der Waals surface area (Å²) in [4.78, 5) is 0. The van der Waals surface area contributed by atoms with E-state index >= 15 is 0 Å². The topological polar surface area (TPSA) is 25.3 Å². The summed E-state index contributed by atoms with van der Waals surface area (Å²) in [6.07, 6.45) is 13.7. The van der Waals surface area contributed by atoms with Gasteiger partial charge in [0.2, 0.25) is 11.4 Å². The summed E-state index contributed by atoms with van der Waals surface area (Å²) in [6, 6.07) is 17.8. The first kappa shape index (κ1) is 29.2. The van der Waals surface area contributed by atoms with Crippen LogP contribution in [0.2, 0.25) is 0 Å². The molecule has 1 aliphatic rings. The van der Waals surface area contributed by atoms with Crippen LogP contribution in [0.1, 0.15) is 114 Å². The molecule has 2 aromatic rings. The number of aryl methyl sites for hydroxylation is 2. The minimum atomic E-state index is 0. The molecule has 0 radical (unpaired) electrons. The smallest absolute Gasteiger partial charge is 0.211 e. The maximum atomic E-state index is 11.7. The number of nitrogens with zero attached hydrogens (tertiary/aromatic N) is 2. The molecule has 0 spiro atoms. The maximum Gasteiger partial charge on any atom is 0.211 e. The van der Waals surface area contributed by atoms with E-state index in [-0.39, 0.29) is 16.5 Å². The van der Waals surface area contributed by atoms with Crippen molar-refractivity contribution in [2.75, 3.05) is 0 Å². The summed E-state index contributed by atoms with van der Waals surface area (Å²) >= 11 is 0. The van der Waals surface area contributed by atoms with Crippen molar-refractivity contribution in [1.82, 2.24) is 0 Å². The average Bonchev–Trinajstić information content (AvgIpc) is 3.14. The third kappa shape index (κ3) is 7.50. The summed E-state index contributed by atoms with van der Waals surface area (Å²) < 4.78 is 1.52. The quantitative estimate of drug-likeness (QED) is 0.177. The van der Waals surface area contributed by atoms with Crippen LogP contribution < -0.4 is 0 Å². The predicted molar refractivity (Wildman–Crippen MR) is 147 cm³/mol. The predicted octanol–water partition coefficient (Wildman–Crippen LogP) is 9.92. The van der Waals surface area contributed by atoms with Crippen molar-refractivity contribution in [3.8, 4) is 0 Å². The minimum Gasteiger partial charge on any atom is -0.493 e. The van der Waals surface area contributed by atoms with Crippen LogP contribution in [0.25, 0.3) is 16.9 Å². The Labute approximate surface area is 224 Å². The first-order chi connectivity index (χ1) is 16.6. The molecule has 0 saturated heterocycles. The van der Waals surface area contributed by atoms with Crippen LogP contribution in [-0.2, 0) is 29.3 Å². The Hall–Kier alpha value is -1.99. The standard InChI is InChI=1S/C32H44N2.Ni/c1-5-9-14-25-20-22-27(23-21-25)31-29(18-11-7-3)30(19-12-8-4)32(34(31)33)28-17-13-16-26(24-28)15-10-6-2;/h13,16-17,20-24H,5-12,14-15,18-19H2,1-4H3;. The largest absolute Gasteiger partial charge is 0.493 e. The van der Waals surface area contributed by atoms with Crippen LogP contribution in [0, 0.1) is 0 Å². The first-order valence-corrected chi connectivity index (χ1v) is 13.8. The molecule has 1 heterocycles. The summed E-state index contributed by atoms with van der Waals surface area (Å²) in [7, 11) is 0. The van der Waals surface area contributed by atoms with Gasteiger partial charge >= 0.3 is 0 Å². The SMILES string of the molecule is CCCCC1=C(c2ccc(CCCC)cc2)[N+](=[N-])C(c2cccc(CCCC)c2)=C1CCCC.[Ni]. The maximum absolute atomic E-state index is 11.7. The fourth-order valence-electron chi connectivity index (χ4n) is 4.96. The van der Waals surface area contributed by atoms with Crippen LogP contribution in [0.15, 0.2) is 59.7 Å². The number of rotatable bonds is 14. The molecule has 0 bridgehead atoms. The number of allylic oxidation sites excluding steroid dienone is 2. The molecular formula is C32H44N2Ni. The van der Waals surface area contributed by atoms with Crippen molar-refractivity contribution < 1.29 is 21.2 Å². The summed E-state index contributed by atoms with van der Waals surface area (Å²) in [5, 5.41) is 0. The van der Waals surface area contributed by atoms with Crippen molar-refractivity contribution in [3.05, 3.63) is 87.5 Å². The molecule has 0 aromatic heterocycles. The van der Waals surface area contributed by atoms with Gasteiger partial charge < -0.3 is 5.53 Å². The molecule has 1 aliphatic heterocycles. The molecule has 0 unspecified atom stereocenters. The van der Waals surface area contributed by atoms with E-state index in [4.69, 9.17) is 0 Å². The van der Waals surface area contributed by atoms with Gasteiger partial charge in [-0.15, -0.1) is 0 Å². The zero-order valence-electron chi connectivity index (χ0n) is 22.3. The van der Waals surface area contributed by atoms with Crippen LogP contribution in [0.5, 0.6) is 0 Å². The molecule has 2 nitrogen and oxygen atoms in total. The van der Waals surface area contributed by atoms with Crippen molar-refractivity contribution in [3.63, 3.8) is 0 Å². The molecule has 0 atom stereocenters. The molecule has 0 saturated carbocycles.